The van der Waals surface area contributed by atoms with Crippen molar-refractivity contribution in [2.24, 2.45) is 0 Å². The summed E-state index contributed by atoms with van der Waals surface area (Å²) in [5.41, 5.74) is 2.15. The number of nitrogens with one attached hydrogen (secondary N) is 1. The molecule has 36 heavy (non-hydrogen) atoms. The number of benzene rings is 3. The fourth-order valence-corrected chi connectivity index (χ4v) is 3.52. The Morgan fingerprint density at radius 2 is 1.67 bits per heavy atom. The van der Waals surface area contributed by atoms with Crippen LogP contribution in [0.5, 0.6) is 11.5 Å². The van der Waals surface area contributed by atoms with Gasteiger partial charge in [-0.2, -0.15) is 4.98 Å². The van der Waals surface area contributed by atoms with Gasteiger partial charge in [-0.1, -0.05) is 47.1 Å². The van der Waals surface area contributed by atoms with Gasteiger partial charge in [0.25, 0.3) is 5.89 Å². The summed E-state index contributed by atoms with van der Waals surface area (Å²) in [6.07, 6.45) is 2.28. The molecule has 5 aromatic rings. The van der Waals surface area contributed by atoms with Crippen molar-refractivity contribution in [3.8, 4) is 34.5 Å². The highest BCUT2D eigenvalue weighted by atomic mass is 35.5. The average Bonchev–Trinajstić information content (AvgIpc) is 3.38. The molecule has 0 spiro atoms. The third-order valence-electron chi connectivity index (χ3n) is 5.15. The summed E-state index contributed by atoms with van der Waals surface area (Å²) in [5.74, 6) is -0.466. The van der Waals surface area contributed by atoms with Gasteiger partial charge in [-0.15, -0.1) is 0 Å². The van der Waals surface area contributed by atoms with Gasteiger partial charge in [-0.3, -0.25) is 0 Å². The first kappa shape index (κ1) is 23.4. The number of aromatic nitrogens is 4. The molecular formula is C26H18ClF2N5O2. The lowest BCUT2D eigenvalue weighted by Crippen LogP contribution is -2.08. The van der Waals surface area contributed by atoms with Crippen LogP contribution in [-0.2, 0) is 6.42 Å². The predicted molar refractivity (Wildman–Crippen MR) is 131 cm³/mol. The SMILES string of the molecule is Fc1ccc(Oc2ccc(-c3noc(-c4nc(NCCc5ccccc5)ncc4Cl)n3)cc2)cc1F. The Balaban J connectivity index is 1.27. The Bertz CT molecular complexity index is 1480. The Morgan fingerprint density at radius 1 is 0.889 bits per heavy atom. The van der Waals surface area contributed by atoms with Crippen molar-refractivity contribution in [1.82, 2.24) is 20.1 Å². The van der Waals surface area contributed by atoms with Crippen LogP contribution in [-0.4, -0.2) is 26.7 Å². The van der Waals surface area contributed by atoms with Crippen LogP contribution in [0.15, 0.2) is 83.5 Å². The zero-order chi connectivity index (χ0) is 24.9. The molecule has 0 radical (unpaired) electrons. The minimum Gasteiger partial charge on any atom is -0.457 e. The molecule has 0 unspecified atom stereocenters. The second-order valence-electron chi connectivity index (χ2n) is 7.68. The normalized spacial score (nSPS) is 10.9. The molecular weight excluding hydrogens is 488 g/mol. The third-order valence-corrected chi connectivity index (χ3v) is 5.43. The van der Waals surface area contributed by atoms with E-state index in [1.807, 2.05) is 18.2 Å². The van der Waals surface area contributed by atoms with E-state index in [9.17, 15) is 8.78 Å². The standard InChI is InChI=1S/C26H18ClF2N5O2/c27-20-15-31-26(30-13-12-16-4-2-1-3-5-16)32-23(20)25-33-24(34-36-25)17-6-8-18(9-7-17)35-19-10-11-21(28)22(29)14-19/h1-11,14-15H,12-13H2,(H,30,31,32). The summed E-state index contributed by atoms with van der Waals surface area (Å²) in [5, 5.41) is 7.46. The zero-order valence-electron chi connectivity index (χ0n) is 18.7. The van der Waals surface area contributed by atoms with E-state index in [0.717, 1.165) is 18.6 Å². The summed E-state index contributed by atoms with van der Waals surface area (Å²) in [4.78, 5) is 13.0. The number of halogens is 3. The molecule has 0 fully saturated rings. The maximum Gasteiger partial charge on any atom is 0.278 e. The molecule has 0 saturated carbocycles. The van der Waals surface area contributed by atoms with Crippen molar-refractivity contribution in [2.75, 3.05) is 11.9 Å². The Morgan fingerprint density at radius 3 is 2.44 bits per heavy atom. The Kier molecular flexibility index (Phi) is 6.81. The van der Waals surface area contributed by atoms with Crippen molar-refractivity contribution in [3.63, 3.8) is 0 Å². The fraction of sp³-hybridized carbons (Fsp3) is 0.0769. The van der Waals surface area contributed by atoms with Gasteiger partial charge in [0.15, 0.2) is 17.3 Å². The van der Waals surface area contributed by atoms with Crippen LogP contribution in [0.2, 0.25) is 5.02 Å². The van der Waals surface area contributed by atoms with Gasteiger partial charge in [-0.05, 0) is 48.4 Å². The summed E-state index contributed by atoms with van der Waals surface area (Å²) in [6, 6.07) is 20.1. The molecule has 10 heteroatoms. The van der Waals surface area contributed by atoms with Crippen LogP contribution < -0.4 is 10.1 Å². The van der Waals surface area contributed by atoms with Crippen LogP contribution in [0, 0.1) is 11.6 Å². The quantitative estimate of drug-likeness (QED) is 0.255. The number of ether oxygens (including phenoxy) is 1. The first-order valence-corrected chi connectivity index (χ1v) is 11.3. The maximum atomic E-state index is 13.4. The topological polar surface area (TPSA) is 86.0 Å². The summed E-state index contributed by atoms with van der Waals surface area (Å²) in [7, 11) is 0. The van der Waals surface area contributed by atoms with Crippen molar-refractivity contribution >= 4 is 17.5 Å². The molecule has 0 bridgehead atoms. The summed E-state index contributed by atoms with van der Waals surface area (Å²) >= 11 is 6.29. The van der Waals surface area contributed by atoms with Crippen LogP contribution in [0.3, 0.4) is 0 Å². The number of hydrogen-bond acceptors (Lipinski definition) is 7. The van der Waals surface area contributed by atoms with E-state index in [1.54, 1.807) is 24.3 Å². The zero-order valence-corrected chi connectivity index (χ0v) is 19.4. The first-order valence-electron chi connectivity index (χ1n) is 10.9. The molecule has 5 rings (SSSR count). The molecule has 0 saturated heterocycles. The number of nitrogens with zero attached hydrogens (tertiary/aromatic N) is 4. The van der Waals surface area contributed by atoms with Gasteiger partial charge in [0.1, 0.15) is 11.5 Å². The molecule has 7 nitrogen and oxygen atoms in total. The van der Waals surface area contributed by atoms with E-state index in [4.69, 9.17) is 20.9 Å². The molecule has 1 N–H and O–H groups in total. The summed E-state index contributed by atoms with van der Waals surface area (Å²) in [6.45, 7) is 0.638. The number of rotatable bonds is 8. The van der Waals surface area contributed by atoms with Gasteiger partial charge in [-0.25, -0.2) is 18.7 Å². The molecule has 0 aliphatic heterocycles. The number of anilines is 1. The highest BCUT2D eigenvalue weighted by Gasteiger charge is 2.17. The molecule has 0 amide bonds. The molecule has 0 aliphatic rings. The Hall–Kier alpha value is -4.37. The molecule has 2 aromatic heterocycles. The second kappa shape index (κ2) is 10.5. The molecule has 0 aliphatic carbocycles. The monoisotopic (exact) mass is 505 g/mol. The van der Waals surface area contributed by atoms with E-state index in [-0.39, 0.29) is 16.7 Å². The van der Waals surface area contributed by atoms with E-state index in [0.29, 0.717) is 35.3 Å². The first-order chi connectivity index (χ1) is 17.5. The van der Waals surface area contributed by atoms with Crippen LogP contribution in [0.1, 0.15) is 5.56 Å². The summed E-state index contributed by atoms with van der Waals surface area (Å²) < 4.78 is 37.4. The van der Waals surface area contributed by atoms with E-state index < -0.39 is 11.6 Å². The highest BCUT2D eigenvalue weighted by molar-refractivity contribution is 6.32. The average molecular weight is 506 g/mol. The van der Waals surface area contributed by atoms with Crippen molar-refractivity contribution < 1.29 is 18.0 Å². The van der Waals surface area contributed by atoms with Crippen molar-refractivity contribution in [3.05, 3.63) is 101 Å². The van der Waals surface area contributed by atoms with Crippen molar-refractivity contribution in [1.29, 1.82) is 0 Å². The lowest BCUT2D eigenvalue weighted by molar-refractivity contribution is 0.431. The predicted octanol–water partition coefficient (Wildman–Crippen LogP) is 6.57. The minimum atomic E-state index is -0.985. The van der Waals surface area contributed by atoms with Crippen LogP contribution >= 0.6 is 11.6 Å². The highest BCUT2D eigenvalue weighted by Crippen LogP contribution is 2.29. The molecule has 180 valence electrons. The second-order valence-corrected chi connectivity index (χ2v) is 8.09. The molecule has 0 atom stereocenters. The number of hydrogen-bond donors (Lipinski definition) is 1. The lowest BCUT2D eigenvalue weighted by atomic mass is 10.1. The van der Waals surface area contributed by atoms with Gasteiger partial charge in [0, 0.05) is 18.2 Å². The largest absolute Gasteiger partial charge is 0.457 e. The van der Waals surface area contributed by atoms with Gasteiger partial charge in [0.2, 0.25) is 11.8 Å². The van der Waals surface area contributed by atoms with Crippen LogP contribution in [0.25, 0.3) is 23.0 Å². The van der Waals surface area contributed by atoms with Gasteiger partial charge in [0.05, 0.1) is 11.2 Å². The lowest BCUT2D eigenvalue weighted by Gasteiger charge is -2.06. The van der Waals surface area contributed by atoms with Crippen LogP contribution in [0.4, 0.5) is 14.7 Å². The van der Waals surface area contributed by atoms with Gasteiger partial charge < -0.3 is 14.6 Å². The van der Waals surface area contributed by atoms with E-state index in [2.05, 4.69) is 37.6 Å². The van der Waals surface area contributed by atoms with E-state index >= 15 is 0 Å². The fourth-order valence-electron chi connectivity index (χ4n) is 3.35. The van der Waals surface area contributed by atoms with Gasteiger partial charge >= 0.3 is 0 Å². The Labute approximate surface area is 209 Å². The molecule has 3 aromatic carbocycles. The minimum absolute atomic E-state index is 0.144. The smallest absolute Gasteiger partial charge is 0.278 e. The molecule has 2 heterocycles. The maximum absolute atomic E-state index is 13.4. The van der Waals surface area contributed by atoms with E-state index in [1.165, 1.54) is 17.8 Å². The van der Waals surface area contributed by atoms with Crippen molar-refractivity contribution in [2.45, 2.75) is 6.42 Å². The third kappa shape index (κ3) is 5.47.